The number of halogens is 1. The molecule has 154 valence electrons. The number of carboxylic acid groups (broad SMARTS) is 1. The van der Waals surface area contributed by atoms with Crippen molar-refractivity contribution in [3.8, 4) is 5.75 Å². The molecule has 9 nitrogen and oxygen atoms in total. The summed E-state index contributed by atoms with van der Waals surface area (Å²) < 4.78 is 22.3. The van der Waals surface area contributed by atoms with Crippen molar-refractivity contribution in [1.29, 1.82) is 0 Å². The van der Waals surface area contributed by atoms with Crippen molar-refractivity contribution < 1.29 is 30.0 Å². The molecule has 1 aromatic carbocycles. The van der Waals surface area contributed by atoms with Gasteiger partial charge in [0.05, 0.1) is 18.0 Å². The van der Waals surface area contributed by atoms with E-state index in [0.29, 0.717) is 30.0 Å². The number of benzene rings is 1. The Bertz CT molecular complexity index is 951. The monoisotopic (exact) mass is 397 g/mol. The first kappa shape index (κ1) is 21.6. The first-order valence-corrected chi connectivity index (χ1v) is 8.67. The van der Waals surface area contributed by atoms with E-state index in [4.69, 9.17) is 4.74 Å². The van der Waals surface area contributed by atoms with Crippen molar-refractivity contribution in [1.82, 2.24) is 9.88 Å². The van der Waals surface area contributed by atoms with E-state index >= 15 is 0 Å². The second-order valence-corrected chi connectivity index (χ2v) is 6.69. The first-order chi connectivity index (χ1) is 12.5. The van der Waals surface area contributed by atoms with Crippen LogP contribution in [0.5, 0.6) is 5.75 Å². The maximum Gasteiger partial charge on any atom is 0.341 e. The highest BCUT2D eigenvalue weighted by molar-refractivity contribution is 5.97. The minimum atomic E-state index is -1.31. The van der Waals surface area contributed by atoms with Gasteiger partial charge >= 0.3 is 5.97 Å². The average Bonchev–Trinajstić information content (AvgIpc) is 3.47. The van der Waals surface area contributed by atoms with E-state index in [1.54, 1.807) is 4.57 Å². The zero-order valence-electron chi connectivity index (χ0n) is 15.4. The molecule has 2 fully saturated rings. The lowest BCUT2D eigenvalue weighted by molar-refractivity contribution is 0.0694. The fraction of sp³-hybridized carbons (Fsp3) is 0.444. The molecule has 10 heteroatoms. The summed E-state index contributed by atoms with van der Waals surface area (Å²) in [6.45, 7) is 2.71. The van der Waals surface area contributed by atoms with Gasteiger partial charge in [0.1, 0.15) is 11.3 Å². The number of piperazine rings is 1. The molecule has 2 heterocycles. The zero-order chi connectivity index (χ0) is 18.4. The number of rotatable bonds is 4. The van der Waals surface area contributed by atoms with E-state index in [1.165, 1.54) is 13.3 Å². The number of pyridine rings is 1. The van der Waals surface area contributed by atoms with Crippen molar-refractivity contribution in [2.75, 3.05) is 38.2 Å². The molecule has 0 amide bonds. The Hall–Kier alpha value is -2.69. The molecule has 28 heavy (non-hydrogen) atoms. The number of nitrogens with zero attached hydrogens (tertiary/aromatic N) is 2. The van der Waals surface area contributed by atoms with Crippen LogP contribution in [-0.2, 0) is 0 Å². The molecule has 1 aromatic heterocycles. The average molecular weight is 397 g/mol. The number of aromatic nitrogens is 1. The normalized spacial score (nSPS) is 16.3. The first-order valence-electron chi connectivity index (χ1n) is 8.67. The van der Waals surface area contributed by atoms with Crippen LogP contribution in [0.3, 0.4) is 0 Å². The third kappa shape index (κ3) is 3.41. The molecule has 1 saturated heterocycles. The Balaban J connectivity index is 0.00000140. The quantitative estimate of drug-likeness (QED) is 0.739. The van der Waals surface area contributed by atoms with E-state index in [0.717, 1.165) is 32.0 Å². The Morgan fingerprint density at radius 3 is 2.46 bits per heavy atom. The minimum Gasteiger partial charge on any atom is -0.492 e. The van der Waals surface area contributed by atoms with E-state index < -0.39 is 17.2 Å². The maximum atomic E-state index is 15.0. The Kier molecular flexibility index (Phi) is 6.27. The van der Waals surface area contributed by atoms with Crippen LogP contribution in [0.25, 0.3) is 10.9 Å². The summed E-state index contributed by atoms with van der Waals surface area (Å²) in [6, 6.07) is 1.26. The van der Waals surface area contributed by atoms with Crippen LogP contribution < -0.4 is 20.4 Å². The Morgan fingerprint density at radius 1 is 1.29 bits per heavy atom. The van der Waals surface area contributed by atoms with Gasteiger partial charge in [-0.3, -0.25) is 4.79 Å². The van der Waals surface area contributed by atoms with Crippen LogP contribution in [-0.4, -0.2) is 59.9 Å². The largest absolute Gasteiger partial charge is 0.492 e. The molecule has 2 aromatic rings. The van der Waals surface area contributed by atoms with Gasteiger partial charge in [0, 0.05) is 38.4 Å². The highest BCUT2D eigenvalue weighted by Gasteiger charge is 2.31. The molecule has 0 atom stereocenters. The van der Waals surface area contributed by atoms with Crippen molar-refractivity contribution in [2.45, 2.75) is 18.9 Å². The summed E-state index contributed by atoms with van der Waals surface area (Å²) in [7, 11) is 1.45. The highest BCUT2D eigenvalue weighted by atomic mass is 19.1. The molecule has 1 aliphatic heterocycles. The van der Waals surface area contributed by atoms with E-state index in [-0.39, 0.29) is 27.9 Å². The van der Waals surface area contributed by atoms with Crippen LogP contribution in [0.1, 0.15) is 29.2 Å². The molecule has 0 unspecified atom stereocenters. The summed E-state index contributed by atoms with van der Waals surface area (Å²) in [5.41, 5.74) is -0.229. The summed E-state index contributed by atoms with van der Waals surface area (Å²) >= 11 is 0. The number of nitrogens with one attached hydrogen (secondary N) is 1. The number of anilines is 1. The number of aromatic carboxylic acids is 1. The summed E-state index contributed by atoms with van der Waals surface area (Å²) in [5.74, 6) is -1.59. The summed E-state index contributed by atoms with van der Waals surface area (Å²) in [4.78, 5) is 26.0. The summed E-state index contributed by atoms with van der Waals surface area (Å²) in [6.07, 6.45) is 3.15. The van der Waals surface area contributed by atoms with Gasteiger partial charge in [-0.2, -0.15) is 0 Å². The highest BCUT2D eigenvalue weighted by Crippen LogP contribution is 2.43. The Labute approximate surface area is 159 Å². The smallest absolute Gasteiger partial charge is 0.341 e. The van der Waals surface area contributed by atoms with Crippen molar-refractivity contribution in [3.63, 3.8) is 0 Å². The molecule has 4 rings (SSSR count). The molecule has 1 saturated carbocycles. The minimum absolute atomic E-state index is 0. The molecule has 2 aliphatic rings. The second kappa shape index (κ2) is 8.13. The molecule has 0 bridgehead atoms. The number of hydrogen-bond donors (Lipinski definition) is 2. The number of carboxylic acids is 1. The molecule has 0 spiro atoms. The lowest BCUT2D eigenvalue weighted by Crippen LogP contribution is -2.44. The van der Waals surface area contributed by atoms with Crippen LogP contribution in [0, 0.1) is 5.82 Å². The van der Waals surface area contributed by atoms with E-state index in [2.05, 4.69) is 5.32 Å². The number of methoxy groups -OCH3 is 1. The van der Waals surface area contributed by atoms with Gasteiger partial charge in [0.15, 0.2) is 11.6 Å². The third-order valence-corrected chi connectivity index (χ3v) is 5.01. The SMILES string of the molecule is COc1c(N2CCNCC2)c(F)cc2c(=O)c(C(=O)O)cn(C3CC3)c12.O.O. The molecule has 1 aliphatic carbocycles. The fourth-order valence-electron chi connectivity index (χ4n) is 3.61. The predicted octanol–water partition coefficient (Wildman–Crippen LogP) is -0.0575. The van der Waals surface area contributed by atoms with Gasteiger partial charge in [0.25, 0.3) is 0 Å². The second-order valence-electron chi connectivity index (χ2n) is 6.69. The van der Waals surface area contributed by atoms with Gasteiger partial charge in [-0.05, 0) is 18.9 Å². The maximum absolute atomic E-state index is 15.0. The molecule has 0 radical (unpaired) electrons. The van der Waals surface area contributed by atoms with Crippen LogP contribution in [0.4, 0.5) is 10.1 Å². The predicted molar refractivity (Wildman–Crippen MR) is 102 cm³/mol. The van der Waals surface area contributed by atoms with Crippen LogP contribution in [0.15, 0.2) is 17.1 Å². The van der Waals surface area contributed by atoms with Crippen molar-refractivity contribution in [2.24, 2.45) is 0 Å². The van der Waals surface area contributed by atoms with Gasteiger partial charge in [0.2, 0.25) is 5.43 Å². The standard InChI is InChI=1S/C18H20FN3O4.2H2O/c1-26-17-14-11(8-13(19)15(17)21-6-4-20-5-7-21)16(23)12(18(24)25)9-22(14)10-2-3-10;;/h8-10,20H,2-7H2,1H3,(H,24,25);2*1H2. The Morgan fingerprint density at radius 2 is 1.93 bits per heavy atom. The molecule has 6 N–H and O–H groups in total. The fourth-order valence-corrected chi connectivity index (χ4v) is 3.61. The van der Waals surface area contributed by atoms with Crippen LogP contribution in [0.2, 0.25) is 0 Å². The van der Waals surface area contributed by atoms with Crippen molar-refractivity contribution >= 4 is 22.6 Å². The lowest BCUT2D eigenvalue weighted by Gasteiger charge is -2.31. The molecular weight excluding hydrogens is 373 g/mol. The van der Waals surface area contributed by atoms with Gasteiger partial charge in [-0.15, -0.1) is 0 Å². The number of carbonyl (C=O) groups is 1. The summed E-state index contributed by atoms with van der Waals surface area (Å²) in [5, 5.41) is 12.6. The van der Waals surface area contributed by atoms with Gasteiger partial charge in [-0.1, -0.05) is 0 Å². The topological polar surface area (TPSA) is 147 Å². The number of fused-ring (bicyclic) bond motifs is 1. The van der Waals surface area contributed by atoms with E-state index in [1.807, 2.05) is 4.90 Å². The lowest BCUT2D eigenvalue weighted by atomic mass is 10.1. The molecular formula is C18H24FN3O6. The number of ether oxygens (including phenoxy) is 1. The van der Waals surface area contributed by atoms with Gasteiger partial charge < -0.3 is 35.6 Å². The van der Waals surface area contributed by atoms with E-state index in [9.17, 15) is 19.1 Å². The third-order valence-electron chi connectivity index (χ3n) is 5.01. The van der Waals surface area contributed by atoms with Crippen molar-refractivity contribution in [3.05, 3.63) is 33.9 Å². The van der Waals surface area contributed by atoms with Gasteiger partial charge in [-0.25, -0.2) is 9.18 Å². The van der Waals surface area contributed by atoms with Crippen LogP contribution >= 0.6 is 0 Å². The number of hydrogen-bond acceptors (Lipinski definition) is 5. The zero-order valence-corrected chi connectivity index (χ0v) is 15.4.